The zero-order valence-corrected chi connectivity index (χ0v) is 10.6. The Kier molecular flexibility index (Phi) is 3.54. The van der Waals surface area contributed by atoms with Crippen molar-refractivity contribution in [2.24, 2.45) is 4.99 Å². The van der Waals surface area contributed by atoms with Gasteiger partial charge in [-0.3, -0.25) is 9.79 Å². The summed E-state index contributed by atoms with van der Waals surface area (Å²) in [4.78, 5) is 15.3. The zero-order valence-electron chi connectivity index (χ0n) is 9.13. The van der Waals surface area contributed by atoms with E-state index in [9.17, 15) is 4.79 Å². The van der Waals surface area contributed by atoms with Gasteiger partial charge in [0.05, 0.1) is 22.3 Å². The molecule has 4 nitrogen and oxygen atoms in total. The Balaban J connectivity index is 2.11. The van der Waals surface area contributed by atoms with Gasteiger partial charge in [0.1, 0.15) is 6.04 Å². The number of aliphatic imine (C=N–C) groups is 1. The molecule has 1 unspecified atom stereocenters. The van der Waals surface area contributed by atoms with E-state index in [0.717, 1.165) is 0 Å². The molecular weight excluding hydrogens is 261 g/mol. The van der Waals surface area contributed by atoms with Gasteiger partial charge in [-0.25, -0.2) is 0 Å². The van der Waals surface area contributed by atoms with Crippen molar-refractivity contribution in [2.75, 3.05) is 11.9 Å². The largest absolute Gasteiger partial charge is 0.344 e. The number of halogens is 2. The quantitative estimate of drug-likeness (QED) is 0.868. The van der Waals surface area contributed by atoms with Crippen molar-refractivity contribution in [3.63, 3.8) is 0 Å². The number of hydrogen-bond acceptors (Lipinski definition) is 4. The molecule has 6 heteroatoms. The number of rotatable bonds is 2. The van der Waals surface area contributed by atoms with E-state index in [1.54, 1.807) is 18.2 Å². The molecule has 2 rings (SSSR count). The second-order valence-electron chi connectivity index (χ2n) is 3.72. The summed E-state index contributed by atoms with van der Waals surface area (Å²) >= 11 is 12.0. The van der Waals surface area contributed by atoms with Crippen molar-refractivity contribution in [1.29, 1.82) is 0 Å². The smallest absolute Gasteiger partial charge is 0.196 e. The Morgan fingerprint density at radius 3 is 2.65 bits per heavy atom. The number of anilines is 1. The van der Waals surface area contributed by atoms with Crippen LogP contribution in [-0.2, 0) is 4.79 Å². The fourth-order valence-corrected chi connectivity index (χ4v) is 1.97. The lowest BCUT2D eigenvalue weighted by Crippen LogP contribution is -2.38. The highest BCUT2D eigenvalue weighted by molar-refractivity contribution is 6.39. The lowest BCUT2D eigenvalue weighted by Gasteiger charge is -2.12. The Morgan fingerprint density at radius 2 is 2.12 bits per heavy atom. The molecule has 1 aromatic carbocycles. The van der Waals surface area contributed by atoms with Gasteiger partial charge in [0.15, 0.2) is 11.7 Å². The molecule has 0 fully saturated rings. The van der Waals surface area contributed by atoms with Crippen molar-refractivity contribution in [1.82, 2.24) is 5.32 Å². The number of hydrogen-bond donors (Lipinski definition) is 2. The van der Waals surface area contributed by atoms with Gasteiger partial charge in [0.25, 0.3) is 0 Å². The number of carbonyl (C=O) groups excluding carboxylic acids is 1. The minimum Gasteiger partial charge on any atom is -0.344 e. The SMILES string of the molecule is CC(=O)C1CN=C(Nc2c(Cl)cccc2Cl)N1. The molecule has 0 amide bonds. The summed E-state index contributed by atoms with van der Waals surface area (Å²) in [5.74, 6) is 0.566. The molecule has 0 saturated heterocycles. The lowest BCUT2D eigenvalue weighted by molar-refractivity contribution is -0.118. The normalized spacial score (nSPS) is 18.5. The van der Waals surface area contributed by atoms with Gasteiger partial charge in [-0.1, -0.05) is 29.3 Å². The Morgan fingerprint density at radius 1 is 1.47 bits per heavy atom. The van der Waals surface area contributed by atoms with E-state index in [0.29, 0.717) is 28.2 Å². The van der Waals surface area contributed by atoms with Crippen LogP contribution in [0.1, 0.15) is 6.92 Å². The van der Waals surface area contributed by atoms with Crippen molar-refractivity contribution >= 4 is 40.6 Å². The van der Waals surface area contributed by atoms with Crippen LogP contribution in [0.15, 0.2) is 23.2 Å². The lowest BCUT2D eigenvalue weighted by atomic mass is 10.2. The molecule has 1 aliphatic rings. The molecule has 0 saturated carbocycles. The van der Waals surface area contributed by atoms with Gasteiger partial charge in [-0.05, 0) is 19.1 Å². The summed E-state index contributed by atoms with van der Waals surface area (Å²) < 4.78 is 0. The fourth-order valence-electron chi connectivity index (χ4n) is 1.48. The van der Waals surface area contributed by atoms with Crippen molar-refractivity contribution in [3.8, 4) is 0 Å². The van der Waals surface area contributed by atoms with Crippen LogP contribution in [0.5, 0.6) is 0 Å². The molecule has 17 heavy (non-hydrogen) atoms. The van der Waals surface area contributed by atoms with Crippen molar-refractivity contribution < 1.29 is 4.79 Å². The van der Waals surface area contributed by atoms with Gasteiger partial charge < -0.3 is 10.6 Å². The van der Waals surface area contributed by atoms with E-state index in [-0.39, 0.29) is 11.8 Å². The molecule has 1 aromatic rings. The molecule has 0 radical (unpaired) electrons. The standard InChI is InChI=1S/C11H11Cl2N3O/c1-6(17)9-5-14-11(15-9)16-10-7(12)3-2-4-8(10)13/h2-4,9H,5H2,1H3,(H2,14,15,16). The Hall–Kier alpha value is -1.26. The predicted molar refractivity (Wildman–Crippen MR) is 70.0 cm³/mol. The third-order valence-electron chi connectivity index (χ3n) is 2.44. The fraction of sp³-hybridized carbons (Fsp3) is 0.273. The Bertz CT molecular complexity index is 467. The van der Waals surface area contributed by atoms with Crippen LogP contribution in [-0.4, -0.2) is 24.3 Å². The van der Waals surface area contributed by atoms with Gasteiger partial charge >= 0.3 is 0 Å². The van der Waals surface area contributed by atoms with Crippen LogP contribution < -0.4 is 10.6 Å². The predicted octanol–water partition coefficient (Wildman–Crippen LogP) is 2.32. The van der Waals surface area contributed by atoms with Crippen LogP contribution in [0.4, 0.5) is 5.69 Å². The minimum absolute atomic E-state index is 0.0517. The average molecular weight is 272 g/mol. The third-order valence-corrected chi connectivity index (χ3v) is 3.07. The molecule has 2 N–H and O–H groups in total. The summed E-state index contributed by atoms with van der Waals surface area (Å²) in [6.07, 6.45) is 0. The number of Topliss-reactive ketones (excluding diaryl/α,β-unsaturated/α-hetero) is 1. The maximum absolute atomic E-state index is 11.2. The zero-order chi connectivity index (χ0) is 12.4. The summed E-state index contributed by atoms with van der Waals surface area (Å²) in [5.41, 5.74) is 0.589. The highest BCUT2D eigenvalue weighted by Gasteiger charge is 2.21. The third kappa shape index (κ3) is 2.70. The molecule has 1 aliphatic heterocycles. The van der Waals surface area contributed by atoms with E-state index >= 15 is 0 Å². The maximum Gasteiger partial charge on any atom is 0.196 e. The van der Waals surface area contributed by atoms with E-state index in [1.807, 2.05) is 0 Å². The first kappa shape index (κ1) is 12.2. The number of carbonyl (C=O) groups is 1. The molecular formula is C11H11Cl2N3O. The van der Waals surface area contributed by atoms with Crippen LogP contribution in [0.2, 0.25) is 10.0 Å². The first-order valence-electron chi connectivity index (χ1n) is 5.10. The second kappa shape index (κ2) is 4.94. The topological polar surface area (TPSA) is 53.5 Å². The average Bonchev–Trinajstić information content (AvgIpc) is 2.72. The number of ketones is 1. The van der Waals surface area contributed by atoms with Crippen LogP contribution >= 0.6 is 23.2 Å². The summed E-state index contributed by atoms with van der Waals surface area (Å²) in [7, 11) is 0. The van der Waals surface area contributed by atoms with E-state index in [2.05, 4.69) is 15.6 Å². The van der Waals surface area contributed by atoms with Gasteiger partial charge in [-0.15, -0.1) is 0 Å². The minimum atomic E-state index is -0.265. The highest BCUT2D eigenvalue weighted by atomic mass is 35.5. The summed E-state index contributed by atoms with van der Waals surface area (Å²) in [5, 5.41) is 6.97. The van der Waals surface area contributed by atoms with Crippen LogP contribution in [0, 0.1) is 0 Å². The molecule has 0 spiro atoms. The molecule has 90 valence electrons. The number of guanidine groups is 1. The van der Waals surface area contributed by atoms with E-state index < -0.39 is 0 Å². The van der Waals surface area contributed by atoms with Crippen molar-refractivity contribution in [3.05, 3.63) is 28.2 Å². The maximum atomic E-state index is 11.2. The van der Waals surface area contributed by atoms with Gasteiger partial charge in [-0.2, -0.15) is 0 Å². The number of nitrogens with zero attached hydrogens (tertiary/aromatic N) is 1. The highest BCUT2D eigenvalue weighted by Crippen LogP contribution is 2.29. The molecule has 1 atom stereocenters. The van der Waals surface area contributed by atoms with E-state index in [4.69, 9.17) is 23.2 Å². The summed E-state index contributed by atoms with van der Waals surface area (Å²) in [6, 6.07) is 4.96. The van der Waals surface area contributed by atoms with Gasteiger partial charge in [0.2, 0.25) is 0 Å². The van der Waals surface area contributed by atoms with E-state index in [1.165, 1.54) is 6.92 Å². The van der Waals surface area contributed by atoms with Gasteiger partial charge in [0, 0.05) is 0 Å². The Labute approximate surface area is 109 Å². The van der Waals surface area contributed by atoms with Crippen LogP contribution in [0.3, 0.4) is 0 Å². The molecule has 0 bridgehead atoms. The van der Waals surface area contributed by atoms with Crippen molar-refractivity contribution in [2.45, 2.75) is 13.0 Å². The molecule has 0 aliphatic carbocycles. The summed E-state index contributed by atoms with van der Waals surface area (Å²) in [6.45, 7) is 1.96. The first-order valence-corrected chi connectivity index (χ1v) is 5.86. The molecule has 1 heterocycles. The first-order chi connectivity index (χ1) is 8.08. The number of benzene rings is 1. The second-order valence-corrected chi connectivity index (χ2v) is 4.53. The number of para-hydroxylation sites is 1. The van der Waals surface area contributed by atoms with Crippen LogP contribution in [0.25, 0.3) is 0 Å². The molecule has 0 aromatic heterocycles. The number of nitrogens with one attached hydrogen (secondary N) is 2. The monoisotopic (exact) mass is 271 g/mol.